The molecule has 1 nitrogen and oxygen atoms in total. The van der Waals surface area contributed by atoms with E-state index in [0.29, 0.717) is 0 Å². The molecule has 0 aliphatic rings. The number of fused-ring (bicyclic) bond motifs is 6. The third-order valence-electron chi connectivity index (χ3n) is 10.7. The van der Waals surface area contributed by atoms with Crippen molar-refractivity contribution in [3.63, 3.8) is 0 Å². The summed E-state index contributed by atoms with van der Waals surface area (Å²) in [6, 6.07) is 77.2. The Kier molecular flexibility index (Phi) is 7.55. The minimum absolute atomic E-state index is 1.10. The van der Waals surface area contributed by atoms with Gasteiger partial charge in [-0.3, -0.25) is 0 Å². The molecule has 0 amide bonds. The summed E-state index contributed by atoms with van der Waals surface area (Å²) < 4.78 is 0. The topological polar surface area (TPSA) is 3.24 Å². The molecule has 0 unspecified atom stereocenters. The van der Waals surface area contributed by atoms with Crippen molar-refractivity contribution in [2.45, 2.75) is 0 Å². The first kappa shape index (κ1) is 30.8. The molecule has 10 rings (SSSR count). The average molecular weight is 674 g/mol. The Bertz CT molecular complexity index is 2920. The first-order valence-corrected chi connectivity index (χ1v) is 18.3. The standard InChI is InChI=1S/C52H35N/c1-2-12-36(13-3-1)37-24-30-42(31-25-37)53(51-23-9-8-20-49(51)47-22-10-16-38-14-4-6-18-44(38)47)43-32-26-40(27-33-43)46-21-11-17-41-29-34-48-45-19-7-5-15-39(45)28-35-50(48)52(41)46/h1-35H. The summed E-state index contributed by atoms with van der Waals surface area (Å²) in [7, 11) is 0. The summed E-state index contributed by atoms with van der Waals surface area (Å²) in [6.45, 7) is 0. The van der Waals surface area contributed by atoms with Gasteiger partial charge in [0.2, 0.25) is 0 Å². The summed E-state index contributed by atoms with van der Waals surface area (Å²) in [5, 5.41) is 10.1. The minimum Gasteiger partial charge on any atom is -0.310 e. The lowest BCUT2D eigenvalue weighted by Gasteiger charge is -2.28. The van der Waals surface area contributed by atoms with Gasteiger partial charge in [0.15, 0.2) is 0 Å². The van der Waals surface area contributed by atoms with Crippen LogP contribution in [-0.2, 0) is 0 Å². The van der Waals surface area contributed by atoms with Crippen LogP contribution in [-0.4, -0.2) is 0 Å². The summed E-state index contributed by atoms with van der Waals surface area (Å²) in [5.74, 6) is 0. The normalized spacial score (nSPS) is 11.4. The van der Waals surface area contributed by atoms with Gasteiger partial charge in [-0.2, -0.15) is 0 Å². The van der Waals surface area contributed by atoms with Gasteiger partial charge in [-0.15, -0.1) is 0 Å². The Hall–Kier alpha value is -6.96. The van der Waals surface area contributed by atoms with Crippen molar-refractivity contribution in [1.29, 1.82) is 0 Å². The van der Waals surface area contributed by atoms with Gasteiger partial charge in [-0.25, -0.2) is 0 Å². The fourth-order valence-corrected chi connectivity index (χ4v) is 8.12. The summed E-state index contributed by atoms with van der Waals surface area (Å²) in [5.41, 5.74) is 10.6. The van der Waals surface area contributed by atoms with E-state index >= 15 is 0 Å². The molecule has 0 aliphatic heterocycles. The lowest BCUT2D eigenvalue weighted by atomic mass is 9.91. The molecular weight excluding hydrogens is 639 g/mol. The van der Waals surface area contributed by atoms with E-state index in [1.807, 2.05) is 0 Å². The second-order valence-electron chi connectivity index (χ2n) is 13.7. The maximum Gasteiger partial charge on any atom is 0.0540 e. The van der Waals surface area contributed by atoms with Crippen LogP contribution in [0.2, 0.25) is 0 Å². The zero-order valence-corrected chi connectivity index (χ0v) is 29.2. The maximum absolute atomic E-state index is 2.40. The fourth-order valence-electron chi connectivity index (χ4n) is 8.12. The molecule has 0 atom stereocenters. The van der Waals surface area contributed by atoms with Gasteiger partial charge in [0.05, 0.1) is 5.69 Å². The van der Waals surface area contributed by atoms with Gasteiger partial charge in [0, 0.05) is 16.9 Å². The van der Waals surface area contributed by atoms with E-state index in [0.717, 1.165) is 17.1 Å². The number of anilines is 3. The van der Waals surface area contributed by atoms with Gasteiger partial charge in [-0.1, -0.05) is 182 Å². The first-order valence-electron chi connectivity index (χ1n) is 18.3. The maximum atomic E-state index is 2.40. The van der Waals surface area contributed by atoms with Crippen molar-refractivity contribution in [1.82, 2.24) is 0 Å². The molecule has 0 heterocycles. The molecule has 10 aromatic carbocycles. The highest BCUT2D eigenvalue weighted by Gasteiger charge is 2.19. The zero-order valence-electron chi connectivity index (χ0n) is 29.2. The Morgan fingerprint density at radius 1 is 0.245 bits per heavy atom. The van der Waals surface area contributed by atoms with Crippen LogP contribution < -0.4 is 4.90 Å². The summed E-state index contributed by atoms with van der Waals surface area (Å²) in [6.07, 6.45) is 0. The Labute approximate surface area is 309 Å². The van der Waals surface area contributed by atoms with Crippen LogP contribution in [0.1, 0.15) is 0 Å². The summed E-state index contributed by atoms with van der Waals surface area (Å²) in [4.78, 5) is 2.40. The third-order valence-corrected chi connectivity index (χ3v) is 10.7. The van der Waals surface area contributed by atoms with Crippen LogP contribution in [0.15, 0.2) is 212 Å². The second-order valence-corrected chi connectivity index (χ2v) is 13.7. The molecule has 1 heteroatoms. The lowest BCUT2D eigenvalue weighted by Crippen LogP contribution is -2.11. The first-order chi connectivity index (χ1) is 26.3. The van der Waals surface area contributed by atoms with Crippen molar-refractivity contribution >= 4 is 60.2 Å². The smallest absolute Gasteiger partial charge is 0.0540 e. The fraction of sp³-hybridized carbons (Fsp3) is 0. The van der Waals surface area contributed by atoms with Crippen LogP contribution in [0.5, 0.6) is 0 Å². The number of nitrogens with zero attached hydrogens (tertiary/aromatic N) is 1. The zero-order chi connectivity index (χ0) is 35.1. The van der Waals surface area contributed by atoms with Gasteiger partial charge >= 0.3 is 0 Å². The Morgan fingerprint density at radius 3 is 1.53 bits per heavy atom. The largest absolute Gasteiger partial charge is 0.310 e. The predicted octanol–water partition coefficient (Wildman–Crippen LogP) is 14.8. The van der Waals surface area contributed by atoms with Gasteiger partial charge in [-0.05, 0) is 101 Å². The highest BCUT2D eigenvalue weighted by molar-refractivity contribution is 6.21. The van der Waals surface area contributed by atoms with Gasteiger partial charge in [0.25, 0.3) is 0 Å². The molecule has 0 radical (unpaired) electrons. The van der Waals surface area contributed by atoms with Gasteiger partial charge in [0.1, 0.15) is 0 Å². The molecule has 10 aromatic rings. The van der Waals surface area contributed by atoms with E-state index in [4.69, 9.17) is 0 Å². The highest BCUT2D eigenvalue weighted by atomic mass is 15.1. The predicted molar refractivity (Wildman–Crippen MR) is 227 cm³/mol. The molecular formula is C52H35N. The average Bonchev–Trinajstić information content (AvgIpc) is 3.24. The van der Waals surface area contributed by atoms with Crippen LogP contribution in [0.4, 0.5) is 17.1 Å². The Morgan fingerprint density at radius 2 is 0.755 bits per heavy atom. The summed E-state index contributed by atoms with van der Waals surface area (Å²) >= 11 is 0. The van der Waals surface area contributed by atoms with E-state index in [2.05, 4.69) is 217 Å². The Balaban J connectivity index is 1.14. The van der Waals surface area contributed by atoms with E-state index in [1.54, 1.807) is 0 Å². The molecule has 0 saturated carbocycles. The SMILES string of the molecule is c1ccc(-c2ccc(N(c3ccc(-c4cccc5ccc6c7ccccc7ccc6c45)cc3)c3ccccc3-c3cccc4ccccc34)cc2)cc1. The van der Waals surface area contributed by atoms with Gasteiger partial charge < -0.3 is 4.90 Å². The van der Waals surface area contributed by atoms with Crippen molar-refractivity contribution in [3.8, 4) is 33.4 Å². The molecule has 0 aliphatic carbocycles. The molecule has 248 valence electrons. The molecule has 0 fully saturated rings. The third kappa shape index (κ3) is 5.42. The molecule has 0 aromatic heterocycles. The number of benzene rings is 10. The van der Waals surface area contributed by atoms with Crippen LogP contribution in [0.3, 0.4) is 0 Å². The van der Waals surface area contributed by atoms with E-state index in [1.165, 1.54) is 76.5 Å². The van der Waals surface area contributed by atoms with Crippen molar-refractivity contribution < 1.29 is 0 Å². The van der Waals surface area contributed by atoms with E-state index in [9.17, 15) is 0 Å². The van der Waals surface area contributed by atoms with Crippen molar-refractivity contribution in [2.24, 2.45) is 0 Å². The lowest BCUT2D eigenvalue weighted by molar-refractivity contribution is 1.28. The van der Waals surface area contributed by atoms with E-state index in [-0.39, 0.29) is 0 Å². The molecule has 0 N–H and O–H groups in total. The van der Waals surface area contributed by atoms with Crippen LogP contribution in [0.25, 0.3) is 76.5 Å². The van der Waals surface area contributed by atoms with Crippen molar-refractivity contribution in [3.05, 3.63) is 212 Å². The monoisotopic (exact) mass is 673 g/mol. The van der Waals surface area contributed by atoms with Crippen molar-refractivity contribution in [2.75, 3.05) is 4.90 Å². The number of para-hydroxylation sites is 1. The number of hydrogen-bond acceptors (Lipinski definition) is 1. The quantitative estimate of drug-likeness (QED) is 0.159. The molecule has 0 bridgehead atoms. The second kappa shape index (κ2) is 13.0. The van der Waals surface area contributed by atoms with Crippen LogP contribution in [0, 0.1) is 0 Å². The molecule has 0 spiro atoms. The minimum atomic E-state index is 1.10. The number of rotatable bonds is 6. The van der Waals surface area contributed by atoms with Crippen LogP contribution >= 0.6 is 0 Å². The highest BCUT2D eigenvalue weighted by Crippen LogP contribution is 2.44. The molecule has 53 heavy (non-hydrogen) atoms. The number of hydrogen-bond donors (Lipinski definition) is 0. The van der Waals surface area contributed by atoms with E-state index < -0.39 is 0 Å². The molecule has 0 saturated heterocycles.